The van der Waals surface area contributed by atoms with Gasteiger partial charge in [0, 0.05) is 23.1 Å². The summed E-state index contributed by atoms with van der Waals surface area (Å²) in [5, 5.41) is 3.67. The van der Waals surface area contributed by atoms with E-state index in [2.05, 4.69) is 11.4 Å². The Morgan fingerprint density at radius 3 is 2.76 bits per heavy atom. The van der Waals surface area contributed by atoms with Gasteiger partial charge in [-0.05, 0) is 50.1 Å². The van der Waals surface area contributed by atoms with E-state index in [-0.39, 0.29) is 5.91 Å². The summed E-state index contributed by atoms with van der Waals surface area (Å²) in [6.45, 7) is 6.41. The maximum atomic E-state index is 12.1. The smallest absolute Gasteiger partial charge is 0.260 e. The SMILES string of the molecule is Cc1ccc(O[C@H](C)C(=O)NCCSCc2cccc(Cl)c2)c(C)c1. The molecule has 1 N–H and O–H groups in total. The Labute approximate surface area is 159 Å². The molecule has 0 aliphatic rings. The Kier molecular flexibility index (Phi) is 7.66. The maximum Gasteiger partial charge on any atom is 0.260 e. The number of aryl methyl sites for hydroxylation is 2. The Morgan fingerprint density at radius 1 is 1.24 bits per heavy atom. The van der Waals surface area contributed by atoms with Gasteiger partial charge in [-0.15, -0.1) is 0 Å². The van der Waals surface area contributed by atoms with E-state index in [0.29, 0.717) is 6.54 Å². The van der Waals surface area contributed by atoms with Crippen LogP contribution in [0.4, 0.5) is 0 Å². The van der Waals surface area contributed by atoms with Crippen LogP contribution in [0.3, 0.4) is 0 Å². The van der Waals surface area contributed by atoms with Crippen molar-refractivity contribution < 1.29 is 9.53 Å². The molecule has 0 aliphatic heterocycles. The average molecular weight is 378 g/mol. The van der Waals surface area contributed by atoms with Crippen LogP contribution < -0.4 is 10.1 Å². The highest BCUT2D eigenvalue weighted by atomic mass is 35.5. The summed E-state index contributed by atoms with van der Waals surface area (Å²) in [5.74, 6) is 2.38. The third-order valence-electron chi connectivity index (χ3n) is 3.71. The molecule has 1 amide bonds. The molecule has 0 heterocycles. The molecule has 2 rings (SSSR count). The van der Waals surface area contributed by atoms with Crippen LogP contribution in [0.1, 0.15) is 23.6 Å². The van der Waals surface area contributed by atoms with Crippen LogP contribution in [0.15, 0.2) is 42.5 Å². The number of nitrogens with one attached hydrogen (secondary N) is 1. The lowest BCUT2D eigenvalue weighted by molar-refractivity contribution is -0.127. The van der Waals surface area contributed by atoms with Gasteiger partial charge in [0.05, 0.1) is 0 Å². The van der Waals surface area contributed by atoms with Crippen molar-refractivity contribution >= 4 is 29.3 Å². The van der Waals surface area contributed by atoms with E-state index in [4.69, 9.17) is 16.3 Å². The van der Waals surface area contributed by atoms with Crippen molar-refractivity contribution in [1.82, 2.24) is 5.32 Å². The van der Waals surface area contributed by atoms with Crippen molar-refractivity contribution in [3.63, 3.8) is 0 Å². The summed E-state index contributed by atoms with van der Waals surface area (Å²) in [6.07, 6.45) is -0.515. The Hall–Kier alpha value is -1.65. The molecule has 0 radical (unpaired) electrons. The van der Waals surface area contributed by atoms with E-state index < -0.39 is 6.10 Å². The molecule has 0 bridgehead atoms. The lowest BCUT2D eigenvalue weighted by Gasteiger charge is -2.16. The number of thioether (sulfide) groups is 1. The second-order valence-electron chi connectivity index (χ2n) is 6.00. The Morgan fingerprint density at radius 2 is 2.04 bits per heavy atom. The zero-order valence-corrected chi connectivity index (χ0v) is 16.4. The summed E-state index contributed by atoms with van der Waals surface area (Å²) < 4.78 is 5.77. The number of rotatable bonds is 8. The van der Waals surface area contributed by atoms with Crippen LogP contribution in [0.5, 0.6) is 5.75 Å². The number of carbonyl (C=O) groups excluding carboxylic acids is 1. The van der Waals surface area contributed by atoms with E-state index in [1.165, 1.54) is 11.1 Å². The van der Waals surface area contributed by atoms with Gasteiger partial charge in [0.15, 0.2) is 6.10 Å². The number of carbonyl (C=O) groups is 1. The molecule has 3 nitrogen and oxygen atoms in total. The zero-order chi connectivity index (χ0) is 18.2. The minimum atomic E-state index is -0.515. The number of ether oxygens (including phenoxy) is 1. The molecule has 0 spiro atoms. The topological polar surface area (TPSA) is 38.3 Å². The number of amides is 1. The second-order valence-corrected chi connectivity index (χ2v) is 7.54. The van der Waals surface area contributed by atoms with Gasteiger partial charge in [0.1, 0.15) is 5.75 Å². The second kappa shape index (κ2) is 9.73. The van der Waals surface area contributed by atoms with Crippen LogP contribution in [0, 0.1) is 13.8 Å². The first-order chi connectivity index (χ1) is 12.0. The highest BCUT2D eigenvalue weighted by Crippen LogP contribution is 2.20. The number of hydrogen-bond acceptors (Lipinski definition) is 3. The minimum Gasteiger partial charge on any atom is -0.481 e. The fourth-order valence-electron chi connectivity index (χ4n) is 2.38. The van der Waals surface area contributed by atoms with Crippen LogP contribution in [-0.2, 0) is 10.5 Å². The van der Waals surface area contributed by atoms with E-state index >= 15 is 0 Å². The van der Waals surface area contributed by atoms with Gasteiger partial charge >= 0.3 is 0 Å². The fraction of sp³-hybridized carbons (Fsp3) is 0.350. The van der Waals surface area contributed by atoms with E-state index in [1.54, 1.807) is 18.7 Å². The maximum absolute atomic E-state index is 12.1. The Bertz CT molecular complexity index is 721. The highest BCUT2D eigenvalue weighted by molar-refractivity contribution is 7.98. The molecule has 0 aliphatic carbocycles. The number of halogens is 1. The molecule has 5 heteroatoms. The van der Waals surface area contributed by atoms with Crippen molar-refractivity contribution in [1.29, 1.82) is 0 Å². The lowest BCUT2D eigenvalue weighted by atomic mass is 10.1. The molecule has 0 aromatic heterocycles. The van der Waals surface area contributed by atoms with Crippen molar-refractivity contribution in [2.45, 2.75) is 32.6 Å². The van der Waals surface area contributed by atoms with Crippen LogP contribution in [0.2, 0.25) is 5.02 Å². The van der Waals surface area contributed by atoms with Gasteiger partial charge in [-0.2, -0.15) is 11.8 Å². The molecule has 2 aromatic rings. The van der Waals surface area contributed by atoms with Gasteiger partial charge in [0.2, 0.25) is 0 Å². The molecule has 0 saturated heterocycles. The lowest BCUT2D eigenvalue weighted by Crippen LogP contribution is -2.37. The van der Waals surface area contributed by atoms with Gasteiger partial charge in [-0.3, -0.25) is 4.79 Å². The molecule has 25 heavy (non-hydrogen) atoms. The summed E-state index contributed by atoms with van der Waals surface area (Å²) in [4.78, 5) is 12.1. The molecule has 0 saturated carbocycles. The van der Waals surface area contributed by atoms with Gasteiger partial charge in [0.25, 0.3) is 5.91 Å². The summed E-state index contributed by atoms with van der Waals surface area (Å²) in [7, 11) is 0. The van der Waals surface area contributed by atoms with Crippen molar-refractivity contribution in [3.05, 3.63) is 64.2 Å². The average Bonchev–Trinajstić information content (AvgIpc) is 2.57. The predicted octanol–water partition coefficient (Wildman–Crippen LogP) is 4.77. The largest absolute Gasteiger partial charge is 0.481 e. The van der Waals surface area contributed by atoms with Crippen LogP contribution in [0.25, 0.3) is 0 Å². The Balaban J connectivity index is 1.69. The third-order valence-corrected chi connectivity index (χ3v) is 4.97. The fourth-order valence-corrected chi connectivity index (χ4v) is 3.40. The summed E-state index contributed by atoms with van der Waals surface area (Å²) in [6, 6.07) is 13.8. The first-order valence-electron chi connectivity index (χ1n) is 8.29. The van der Waals surface area contributed by atoms with E-state index in [1.807, 2.05) is 50.2 Å². The molecule has 1 atom stereocenters. The quantitative estimate of drug-likeness (QED) is 0.673. The highest BCUT2D eigenvalue weighted by Gasteiger charge is 2.15. The standard InChI is InChI=1S/C20H24ClNO2S/c1-14-7-8-19(15(2)11-14)24-16(3)20(23)22-9-10-25-13-17-5-4-6-18(21)12-17/h4-8,11-12,16H,9-10,13H2,1-3H3,(H,22,23)/t16-/m1/s1. The predicted molar refractivity (Wildman–Crippen MR) is 107 cm³/mol. The monoisotopic (exact) mass is 377 g/mol. The van der Waals surface area contributed by atoms with Crippen molar-refractivity contribution in [2.24, 2.45) is 0 Å². The van der Waals surface area contributed by atoms with Crippen molar-refractivity contribution in [2.75, 3.05) is 12.3 Å². The van der Waals surface area contributed by atoms with Gasteiger partial charge in [-0.25, -0.2) is 0 Å². The zero-order valence-electron chi connectivity index (χ0n) is 14.8. The van der Waals surface area contributed by atoms with Crippen LogP contribution >= 0.6 is 23.4 Å². The molecule has 0 unspecified atom stereocenters. The van der Waals surface area contributed by atoms with Crippen LogP contribution in [-0.4, -0.2) is 24.3 Å². The number of benzene rings is 2. The van der Waals surface area contributed by atoms with Crippen molar-refractivity contribution in [3.8, 4) is 5.75 Å². The number of hydrogen-bond donors (Lipinski definition) is 1. The summed E-state index contributed by atoms with van der Waals surface area (Å²) in [5.41, 5.74) is 3.41. The molecule has 134 valence electrons. The van der Waals surface area contributed by atoms with Gasteiger partial charge in [-0.1, -0.05) is 41.4 Å². The molecule has 2 aromatic carbocycles. The summed E-state index contributed by atoms with van der Waals surface area (Å²) >= 11 is 7.73. The first kappa shape index (κ1) is 19.7. The molecular weight excluding hydrogens is 354 g/mol. The molecular formula is C20H24ClNO2S. The van der Waals surface area contributed by atoms with E-state index in [0.717, 1.165) is 27.8 Å². The normalized spacial score (nSPS) is 11.8. The van der Waals surface area contributed by atoms with Gasteiger partial charge < -0.3 is 10.1 Å². The first-order valence-corrected chi connectivity index (χ1v) is 9.83. The third kappa shape index (κ3) is 6.63. The minimum absolute atomic E-state index is 0.0941. The van der Waals surface area contributed by atoms with E-state index in [9.17, 15) is 4.79 Å². The molecule has 0 fully saturated rings.